The highest BCUT2D eigenvalue weighted by Crippen LogP contribution is 2.21. The van der Waals surface area contributed by atoms with E-state index in [2.05, 4.69) is 22.1 Å². The first kappa shape index (κ1) is 11.2. The van der Waals surface area contributed by atoms with Crippen molar-refractivity contribution in [1.82, 2.24) is 14.7 Å². The van der Waals surface area contributed by atoms with Crippen molar-refractivity contribution in [1.29, 1.82) is 0 Å². The van der Waals surface area contributed by atoms with Crippen LogP contribution in [0.1, 0.15) is 11.3 Å². The lowest BCUT2D eigenvalue weighted by molar-refractivity contribution is -0.109. The van der Waals surface area contributed by atoms with E-state index in [0.717, 1.165) is 31.5 Å². The maximum absolute atomic E-state index is 10.5. The molecule has 1 aliphatic rings. The number of para-hydroxylation sites is 1. The summed E-state index contributed by atoms with van der Waals surface area (Å²) in [6, 6.07) is 10.2. The highest BCUT2D eigenvalue weighted by Gasteiger charge is 2.20. The van der Waals surface area contributed by atoms with Gasteiger partial charge in [0.2, 0.25) is 0 Å². The molecular weight excluding hydrogens is 226 g/mol. The molecule has 0 atom stereocenters. The summed E-state index contributed by atoms with van der Waals surface area (Å²) in [5, 5.41) is 4.46. The predicted molar refractivity (Wildman–Crippen MR) is 68.6 cm³/mol. The number of nitrogens with zero attached hydrogens (tertiary/aromatic N) is 3. The van der Waals surface area contributed by atoms with Gasteiger partial charge in [-0.25, -0.2) is 4.68 Å². The molecule has 0 saturated heterocycles. The van der Waals surface area contributed by atoms with Crippen molar-refractivity contribution >= 4 is 6.29 Å². The molecule has 1 aromatic heterocycles. The van der Waals surface area contributed by atoms with E-state index in [4.69, 9.17) is 0 Å². The Morgan fingerprint density at radius 1 is 1.28 bits per heavy atom. The maximum atomic E-state index is 10.5. The minimum absolute atomic E-state index is 0.510. The molecular formula is C14H15N3O. The summed E-state index contributed by atoms with van der Waals surface area (Å²) in [5.74, 6) is 0. The summed E-state index contributed by atoms with van der Waals surface area (Å²) < 4.78 is 2.01. The molecule has 0 saturated carbocycles. The van der Waals surface area contributed by atoms with Crippen LogP contribution in [0.2, 0.25) is 0 Å². The zero-order valence-corrected chi connectivity index (χ0v) is 10.1. The third kappa shape index (κ3) is 1.95. The molecule has 0 aliphatic carbocycles. The molecule has 2 heterocycles. The third-order valence-electron chi connectivity index (χ3n) is 3.35. The summed E-state index contributed by atoms with van der Waals surface area (Å²) in [4.78, 5) is 12.7. The number of aromatic nitrogens is 2. The predicted octanol–water partition coefficient (Wildman–Crippen LogP) is 1.43. The van der Waals surface area contributed by atoms with Gasteiger partial charge in [-0.05, 0) is 12.1 Å². The van der Waals surface area contributed by atoms with Crippen LogP contribution in [-0.4, -0.2) is 34.1 Å². The second kappa shape index (κ2) is 4.74. The molecule has 18 heavy (non-hydrogen) atoms. The van der Waals surface area contributed by atoms with Crippen LogP contribution >= 0.6 is 0 Å². The summed E-state index contributed by atoms with van der Waals surface area (Å²) >= 11 is 0. The molecule has 1 aromatic carbocycles. The van der Waals surface area contributed by atoms with E-state index in [-0.39, 0.29) is 0 Å². The van der Waals surface area contributed by atoms with E-state index in [9.17, 15) is 4.79 Å². The second-order valence-electron chi connectivity index (χ2n) is 4.52. The van der Waals surface area contributed by atoms with Crippen LogP contribution in [0.3, 0.4) is 0 Å². The molecule has 0 spiro atoms. The van der Waals surface area contributed by atoms with Gasteiger partial charge in [0, 0.05) is 30.8 Å². The van der Waals surface area contributed by atoms with E-state index >= 15 is 0 Å². The van der Waals surface area contributed by atoms with Gasteiger partial charge in [0.1, 0.15) is 6.29 Å². The van der Waals surface area contributed by atoms with Gasteiger partial charge in [-0.15, -0.1) is 0 Å². The molecule has 0 amide bonds. The van der Waals surface area contributed by atoms with Gasteiger partial charge < -0.3 is 4.79 Å². The van der Waals surface area contributed by atoms with E-state index in [1.54, 1.807) is 0 Å². The molecule has 0 N–H and O–H groups in total. The van der Waals surface area contributed by atoms with Gasteiger partial charge in [-0.1, -0.05) is 18.2 Å². The monoisotopic (exact) mass is 241 g/mol. The normalized spacial score (nSPS) is 15.3. The molecule has 4 nitrogen and oxygen atoms in total. The molecule has 3 rings (SSSR count). The van der Waals surface area contributed by atoms with Crippen molar-refractivity contribution in [3.8, 4) is 5.69 Å². The number of benzene rings is 1. The third-order valence-corrected chi connectivity index (χ3v) is 3.35. The fourth-order valence-electron chi connectivity index (χ4n) is 2.44. The number of carbonyl (C=O) groups is 1. The molecule has 0 unspecified atom stereocenters. The topological polar surface area (TPSA) is 38.1 Å². The first-order valence-corrected chi connectivity index (χ1v) is 6.15. The van der Waals surface area contributed by atoms with E-state index < -0.39 is 0 Å². The first-order chi connectivity index (χ1) is 8.88. The van der Waals surface area contributed by atoms with Crippen molar-refractivity contribution in [2.75, 3.05) is 13.1 Å². The van der Waals surface area contributed by atoms with Gasteiger partial charge in [0.15, 0.2) is 0 Å². The molecule has 1 aliphatic heterocycles. The fraction of sp³-hybridized carbons (Fsp3) is 0.286. The van der Waals surface area contributed by atoms with Crippen LogP contribution in [0.4, 0.5) is 0 Å². The van der Waals surface area contributed by atoms with Crippen molar-refractivity contribution in [3.05, 3.63) is 47.8 Å². The molecule has 92 valence electrons. The Labute approximate surface area is 106 Å². The quantitative estimate of drug-likeness (QED) is 0.763. The lowest BCUT2D eigenvalue weighted by Gasteiger charge is -2.25. The lowest BCUT2D eigenvalue weighted by Crippen LogP contribution is -2.32. The SMILES string of the molecule is O=CCN1CCc2c(cnn2-c2ccccc2)C1. The zero-order valence-electron chi connectivity index (χ0n) is 10.1. The van der Waals surface area contributed by atoms with Gasteiger partial charge in [-0.2, -0.15) is 5.10 Å². The minimum Gasteiger partial charge on any atom is -0.302 e. The molecule has 0 bridgehead atoms. The number of carbonyl (C=O) groups excluding carboxylic acids is 1. The largest absolute Gasteiger partial charge is 0.302 e. The standard InChI is InChI=1S/C14H15N3O/c18-9-8-16-7-6-14-12(11-16)10-15-17(14)13-4-2-1-3-5-13/h1-5,9-10H,6-8,11H2. The second-order valence-corrected chi connectivity index (χ2v) is 4.52. The molecule has 4 heteroatoms. The molecule has 2 aromatic rings. The maximum Gasteiger partial charge on any atom is 0.133 e. The van der Waals surface area contributed by atoms with Crippen LogP contribution in [0.15, 0.2) is 36.5 Å². The van der Waals surface area contributed by atoms with Crippen LogP contribution < -0.4 is 0 Å². The highest BCUT2D eigenvalue weighted by atomic mass is 16.1. The number of hydrogen-bond donors (Lipinski definition) is 0. The van der Waals surface area contributed by atoms with Gasteiger partial charge in [0.05, 0.1) is 18.4 Å². The minimum atomic E-state index is 0.510. The Morgan fingerprint density at radius 3 is 2.89 bits per heavy atom. The highest BCUT2D eigenvalue weighted by molar-refractivity contribution is 5.52. The number of fused-ring (bicyclic) bond motifs is 1. The summed E-state index contributed by atoms with van der Waals surface area (Å²) in [6.07, 6.45) is 3.82. The van der Waals surface area contributed by atoms with Gasteiger partial charge in [-0.3, -0.25) is 4.90 Å². The fourth-order valence-corrected chi connectivity index (χ4v) is 2.44. The van der Waals surface area contributed by atoms with Crippen molar-refractivity contribution in [2.45, 2.75) is 13.0 Å². The lowest BCUT2D eigenvalue weighted by atomic mass is 10.1. The van der Waals surface area contributed by atoms with Gasteiger partial charge >= 0.3 is 0 Å². The first-order valence-electron chi connectivity index (χ1n) is 6.15. The zero-order chi connectivity index (χ0) is 12.4. The number of hydrogen-bond acceptors (Lipinski definition) is 3. The summed E-state index contributed by atoms with van der Waals surface area (Å²) in [5.41, 5.74) is 3.60. The average Bonchev–Trinajstić information content (AvgIpc) is 2.83. The Bertz CT molecular complexity index is 547. The van der Waals surface area contributed by atoms with Crippen LogP contribution in [-0.2, 0) is 17.8 Å². The van der Waals surface area contributed by atoms with Crippen LogP contribution in [0, 0.1) is 0 Å². The Kier molecular flexibility index (Phi) is 2.94. The Hall–Kier alpha value is -1.94. The number of rotatable bonds is 3. The smallest absolute Gasteiger partial charge is 0.133 e. The molecule has 0 radical (unpaired) electrons. The molecule has 0 fully saturated rings. The van der Waals surface area contributed by atoms with E-state index in [1.807, 2.05) is 29.1 Å². The van der Waals surface area contributed by atoms with Crippen LogP contribution in [0.25, 0.3) is 5.69 Å². The average molecular weight is 241 g/mol. The Balaban J connectivity index is 1.91. The van der Waals surface area contributed by atoms with Crippen molar-refractivity contribution in [3.63, 3.8) is 0 Å². The summed E-state index contributed by atoms with van der Waals surface area (Å²) in [6.45, 7) is 2.25. The van der Waals surface area contributed by atoms with E-state index in [1.165, 1.54) is 11.3 Å². The van der Waals surface area contributed by atoms with E-state index in [0.29, 0.717) is 6.54 Å². The summed E-state index contributed by atoms with van der Waals surface area (Å²) in [7, 11) is 0. The number of aldehydes is 1. The van der Waals surface area contributed by atoms with Crippen molar-refractivity contribution < 1.29 is 4.79 Å². The van der Waals surface area contributed by atoms with Crippen LogP contribution in [0.5, 0.6) is 0 Å². The van der Waals surface area contributed by atoms with Gasteiger partial charge in [0.25, 0.3) is 0 Å². The van der Waals surface area contributed by atoms with Crippen molar-refractivity contribution in [2.24, 2.45) is 0 Å². The Morgan fingerprint density at radius 2 is 2.11 bits per heavy atom.